The third-order valence-electron chi connectivity index (χ3n) is 3.84. The summed E-state index contributed by atoms with van der Waals surface area (Å²) in [6.07, 6.45) is 4.55. The first-order valence-electron chi connectivity index (χ1n) is 7.84. The van der Waals surface area contributed by atoms with Crippen molar-refractivity contribution in [3.8, 4) is 0 Å². The van der Waals surface area contributed by atoms with Crippen LogP contribution in [0.15, 0.2) is 40.8 Å². The summed E-state index contributed by atoms with van der Waals surface area (Å²) in [5.41, 5.74) is 2.53. The lowest BCUT2D eigenvalue weighted by molar-refractivity contribution is 0.114. The highest BCUT2D eigenvalue weighted by molar-refractivity contribution is 7.80. The maximum atomic E-state index is 5.58. The first kappa shape index (κ1) is 16.4. The van der Waals surface area contributed by atoms with Gasteiger partial charge in [-0.15, -0.1) is 11.3 Å². The topological polar surface area (TPSA) is 38.5 Å². The fourth-order valence-corrected chi connectivity index (χ4v) is 3.49. The molecular weight excluding hydrogens is 326 g/mol. The third kappa shape index (κ3) is 4.73. The van der Waals surface area contributed by atoms with Gasteiger partial charge in [0.1, 0.15) is 0 Å². The Morgan fingerprint density at radius 3 is 3.00 bits per heavy atom. The molecule has 3 rings (SSSR count). The van der Waals surface area contributed by atoms with Crippen LogP contribution in [0.5, 0.6) is 0 Å². The molecule has 2 aromatic rings. The van der Waals surface area contributed by atoms with E-state index in [1.807, 2.05) is 11.6 Å². The average molecular weight is 348 g/mol. The number of nitrogens with one attached hydrogen (secondary N) is 1. The zero-order chi connectivity index (χ0) is 16.1. The highest BCUT2D eigenvalue weighted by Crippen LogP contribution is 2.10. The van der Waals surface area contributed by atoms with Crippen molar-refractivity contribution >= 4 is 28.7 Å². The van der Waals surface area contributed by atoms with Gasteiger partial charge >= 0.3 is 0 Å². The molecule has 23 heavy (non-hydrogen) atoms. The molecular formula is C17H21N3OS2. The monoisotopic (exact) mass is 347 g/mol. The molecule has 1 aliphatic heterocycles. The Hall–Kier alpha value is -1.50. The Morgan fingerprint density at radius 2 is 2.26 bits per heavy atom. The van der Waals surface area contributed by atoms with Gasteiger partial charge in [0.25, 0.3) is 0 Å². The lowest BCUT2D eigenvalue weighted by atomic mass is 10.1. The predicted octanol–water partition coefficient (Wildman–Crippen LogP) is 2.86. The minimum atomic E-state index is 0.270. The molecule has 1 aromatic carbocycles. The maximum Gasteiger partial charge on any atom is 0.195 e. The molecule has 122 valence electrons. The summed E-state index contributed by atoms with van der Waals surface area (Å²) >= 11 is 6.93. The quantitative estimate of drug-likeness (QED) is 0.865. The minimum absolute atomic E-state index is 0.270. The lowest BCUT2D eigenvalue weighted by Gasteiger charge is -2.10. The fourth-order valence-electron chi connectivity index (χ4n) is 2.53. The van der Waals surface area contributed by atoms with Crippen molar-refractivity contribution in [3.05, 3.63) is 51.8 Å². The van der Waals surface area contributed by atoms with Gasteiger partial charge in [-0.3, -0.25) is 0 Å². The molecule has 1 atom stereocenters. The van der Waals surface area contributed by atoms with Crippen LogP contribution >= 0.6 is 23.6 Å². The van der Waals surface area contributed by atoms with Crippen LogP contribution in [0.3, 0.4) is 0 Å². The van der Waals surface area contributed by atoms with E-state index < -0.39 is 0 Å². The van der Waals surface area contributed by atoms with Gasteiger partial charge < -0.3 is 14.6 Å². The van der Waals surface area contributed by atoms with Gasteiger partial charge in [-0.1, -0.05) is 29.8 Å². The van der Waals surface area contributed by atoms with E-state index in [1.54, 1.807) is 11.3 Å². The summed E-state index contributed by atoms with van der Waals surface area (Å²) in [5.74, 6) is 0. The highest BCUT2D eigenvalue weighted by Gasteiger charge is 2.15. The van der Waals surface area contributed by atoms with Crippen molar-refractivity contribution in [1.82, 2.24) is 9.88 Å². The van der Waals surface area contributed by atoms with Crippen LogP contribution in [0.1, 0.15) is 24.0 Å². The van der Waals surface area contributed by atoms with E-state index in [1.165, 1.54) is 11.1 Å². The number of ether oxygens (including phenoxy) is 1. The van der Waals surface area contributed by atoms with E-state index in [0.29, 0.717) is 5.11 Å². The summed E-state index contributed by atoms with van der Waals surface area (Å²) in [6, 6.07) is 8.56. The molecule has 1 aliphatic rings. The SMILES string of the molecule is Cc1ccc(Cn2ccsc2=NC(=S)NC[C@@H]2CCCO2)cc1. The molecule has 0 bridgehead atoms. The Labute approximate surface area is 145 Å². The van der Waals surface area contributed by atoms with E-state index in [2.05, 4.69) is 46.1 Å². The number of aryl methyl sites for hydroxylation is 1. The molecule has 1 aromatic heterocycles. The van der Waals surface area contributed by atoms with Crippen molar-refractivity contribution in [3.63, 3.8) is 0 Å². The summed E-state index contributed by atoms with van der Waals surface area (Å²) in [7, 11) is 0. The van der Waals surface area contributed by atoms with Crippen LogP contribution in [0.4, 0.5) is 0 Å². The van der Waals surface area contributed by atoms with Crippen molar-refractivity contribution in [2.75, 3.05) is 13.2 Å². The smallest absolute Gasteiger partial charge is 0.195 e. The average Bonchev–Trinajstić information content (AvgIpc) is 3.20. The Bertz CT molecular complexity index is 712. The van der Waals surface area contributed by atoms with Crippen LogP contribution in [0, 0.1) is 6.92 Å². The van der Waals surface area contributed by atoms with Crippen LogP contribution < -0.4 is 10.1 Å². The molecule has 4 nitrogen and oxygen atoms in total. The Kier molecular flexibility index (Phi) is 5.59. The van der Waals surface area contributed by atoms with Gasteiger partial charge in [0.2, 0.25) is 0 Å². The second kappa shape index (κ2) is 7.86. The zero-order valence-electron chi connectivity index (χ0n) is 13.2. The summed E-state index contributed by atoms with van der Waals surface area (Å²) in [5, 5.41) is 5.76. The van der Waals surface area contributed by atoms with Gasteiger partial charge in [0, 0.05) is 31.3 Å². The summed E-state index contributed by atoms with van der Waals surface area (Å²) in [6.45, 7) is 4.50. The predicted molar refractivity (Wildman–Crippen MR) is 97.7 cm³/mol. The van der Waals surface area contributed by atoms with Crippen molar-refractivity contribution < 1.29 is 4.74 Å². The molecule has 0 saturated carbocycles. The first-order chi connectivity index (χ1) is 11.2. The van der Waals surface area contributed by atoms with Crippen molar-refractivity contribution in [2.24, 2.45) is 4.99 Å². The second-order valence-corrected chi connectivity index (χ2v) is 6.99. The molecule has 0 radical (unpaired) electrons. The molecule has 1 saturated heterocycles. The van der Waals surface area contributed by atoms with Crippen molar-refractivity contribution in [2.45, 2.75) is 32.4 Å². The summed E-state index contributed by atoms with van der Waals surface area (Å²) in [4.78, 5) is 5.45. The normalized spacial score (nSPS) is 18.3. The number of hydrogen-bond acceptors (Lipinski definition) is 3. The van der Waals surface area contributed by atoms with Gasteiger partial charge in [0.15, 0.2) is 9.91 Å². The molecule has 1 fully saturated rings. The molecule has 0 unspecified atom stereocenters. The highest BCUT2D eigenvalue weighted by atomic mass is 32.1. The van der Waals surface area contributed by atoms with Gasteiger partial charge in [-0.25, -0.2) is 0 Å². The molecule has 0 amide bonds. The molecule has 2 heterocycles. The fraction of sp³-hybridized carbons (Fsp3) is 0.412. The summed E-state index contributed by atoms with van der Waals surface area (Å²) < 4.78 is 7.70. The largest absolute Gasteiger partial charge is 0.376 e. The first-order valence-corrected chi connectivity index (χ1v) is 9.13. The number of thiazole rings is 1. The number of aromatic nitrogens is 1. The van der Waals surface area contributed by atoms with Crippen LogP contribution in [0.2, 0.25) is 0 Å². The van der Waals surface area contributed by atoms with E-state index in [0.717, 1.165) is 37.3 Å². The van der Waals surface area contributed by atoms with Crippen LogP contribution in [-0.4, -0.2) is 28.9 Å². The molecule has 6 heteroatoms. The minimum Gasteiger partial charge on any atom is -0.376 e. The Morgan fingerprint density at radius 1 is 1.43 bits per heavy atom. The number of hydrogen-bond donors (Lipinski definition) is 1. The number of nitrogens with zero attached hydrogens (tertiary/aromatic N) is 2. The molecule has 0 aliphatic carbocycles. The van der Waals surface area contributed by atoms with Crippen LogP contribution in [0.25, 0.3) is 0 Å². The van der Waals surface area contributed by atoms with Gasteiger partial charge in [0.05, 0.1) is 6.10 Å². The van der Waals surface area contributed by atoms with E-state index >= 15 is 0 Å². The van der Waals surface area contributed by atoms with Gasteiger partial charge in [-0.2, -0.15) is 4.99 Å². The maximum absolute atomic E-state index is 5.58. The second-order valence-electron chi connectivity index (χ2n) is 5.73. The molecule has 1 N–H and O–H groups in total. The lowest BCUT2D eigenvalue weighted by Crippen LogP contribution is -2.31. The Balaban J connectivity index is 1.64. The number of benzene rings is 1. The van der Waals surface area contributed by atoms with E-state index in [4.69, 9.17) is 17.0 Å². The van der Waals surface area contributed by atoms with Crippen molar-refractivity contribution in [1.29, 1.82) is 0 Å². The van der Waals surface area contributed by atoms with E-state index in [9.17, 15) is 0 Å². The zero-order valence-corrected chi connectivity index (χ0v) is 14.8. The third-order valence-corrected chi connectivity index (χ3v) is 4.87. The molecule has 0 spiro atoms. The van der Waals surface area contributed by atoms with E-state index in [-0.39, 0.29) is 6.10 Å². The standard InChI is InChI=1S/C17H21N3OS2/c1-13-4-6-14(7-5-13)12-20-8-10-23-17(20)19-16(22)18-11-15-3-2-9-21-15/h4-8,10,15H,2-3,9,11-12H2,1H3,(H,18,22)/t15-/m0/s1. The number of rotatable bonds is 4. The number of thiocarbonyl (C=S) groups is 1. The van der Waals surface area contributed by atoms with Gasteiger partial charge in [-0.05, 0) is 37.5 Å². The van der Waals surface area contributed by atoms with Crippen LogP contribution in [-0.2, 0) is 11.3 Å².